The third-order valence-electron chi connectivity index (χ3n) is 3.39. The van der Waals surface area contributed by atoms with Crippen molar-refractivity contribution in [2.45, 2.75) is 38.3 Å². The zero-order valence-corrected chi connectivity index (χ0v) is 8.25. The average molecular weight is 183 g/mol. The molecule has 13 heavy (non-hydrogen) atoms. The van der Waals surface area contributed by atoms with E-state index in [1.54, 1.807) is 14.0 Å². The Balaban J connectivity index is 1.80. The van der Waals surface area contributed by atoms with E-state index >= 15 is 0 Å². The number of hydrogen-bond acceptors (Lipinski definition) is 2. The molecule has 2 aliphatic rings. The maximum atomic E-state index is 11.5. The summed E-state index contributed by atoms with van der Waals surface area (Å²) in [6.07, 6.45) is 3.48. The van der Waals surface area contributed by atoms with Crippen molar-refractivity contribution in [3.05, 3.63) is 0 Å². The van der Waals surface area contributed by atoms with Gasteiger partial charge in [0.15, 0.2) is 0 Å². The van der Waals surface area contributed by atoms with Gasteiger partial charge in [-0.3, -0.25) is 4.79 Å². The highest BCUT2D eigenvalue weighted by atomic mass is 16.5. The van der Waals surface area contributed by atoms with Gasteiger partial charge in [-0.25, -0.2) is 0 Å². The van der Waals surface area contributed by atoms with Crippen molar-refractivity contribution in [1.29, 1.82) is 0 Å². The van der Waals surface area contributed by atoms with Gasteiger partial charge in [0.05, 0.1) is 0 Å². The molecule has 3 heteroatoms. The van der Waals surface area contributed by atoms with Crippen LogP contribution in [-0.2, 0) is 9.53 Å². The van der Waals surface area contributed by atoms with Crippen molar-refractivity contribution in [3.63, 3.8) is 0 Å². The molecule has 2 saturated carbocycles. The van der Waals surface area contributed by atoms with Gasteiger partial charge in [-0.15, -0.1) is 0 Å². The van der Waals surface area contributed by atoms with E-state index in [-0.39, 0.29) is 12.0 Å². The van der Waals surface area contributed by atoms with Crippen LogP contribution in [0.2, 0.25) is 0 Å². The van der Waals surface area contributed by atoms with E-state index in [0.717, 1.165) is 18.3 Å². The first-order chi connectivity index (χ1) is 6.22. The van der Waals surface area contributed by atoms with Gasteiger partial charge < -0.3 is 10.1 Å². The molecule has 2 aliphatic carbocycles. The molecule has 4 atom stereocenters. The number of ether oxygens (including phenoxy) is 1. The summed E-state index contributed by atoms with van der Waals surface area (Å²) in [5, 5.41) is 3.06. The highest BCUT2D eigenvalue weighted by Gasteiger charge is 2.48. The summed E-state index contributed by atoms with van der Waals surface area (Å²) >= 11 is 0. The third-order valence-corrected chi connectivity index (χ3v) is 3.39. The van der Waals surface area contributed by atoms with Gasteiger partial charge >= 0.3 is 0 Å². The molecule has 0 saturated heterocycles. The number of nitrogens with one attached hydrogen (secondary N) is 1. The first kappa shape index (κ1) is 9.00. The van der Waals surface area contributed by atoms with Crippen LogP contribution < -0.4 is 5.32 Å². The van der Waals surface area contributed by atoms with Crippen LogP contribution in [-0.4, -0.2) is 25.2 Å². The molecule has 0 bridgehead atoms. The second-order valence-electron chi connectivity index (χ2n) is 4.23. The average Bonchev–Trinajstić information content (AvgIpc) is 2.82. The van der Waals surface area contributed by atoms with Crippen LogP contribution >= 0.6 is 0 Å². The zero-order valence-electron chi connectivity index (χ0n) is 8.25. The normalized spacial score (nSPS) is 38.2. The van der Waals surface area contributed by atoms with Gasteiger partial charge in [0.1, 0.15) is 6.10 Å². The Morgan fingerprint density at radius 3 is 2.77 bits per heavy atom. The summed E-state index contributed by atoms with van der Waals surface area (Å²) in [6, 6.07) is 0.440. The second-order valence-corrected chi connectivity index (χ2v) is 4.23. The Kier molecular flexibility index (Phi) is 2.28. The van der Waals surface area contributed by atoms with Gasteiger partial charge in [0.25, 0.3) is 0 Å². The molecule has 0 heterocycles. The molecule has 0 aromatic heterocycles. The molecule has 0 radical (unpaired) electrons. The summed E-state index contributed by atoms with van der Waals surface area (Å²) in [4.78, 5) is 11.5. The number of methoxy groups -OCH3 is 1. The summed E-state index contributed by atoms with van der Waals surface area (Å²) < 4.78 is 4.96. The van der Waals surface area contributed by atoms with Crippen LogP contribution in [0.5, 0.6) is 0 Å². The molecule has 0 aromatic rings. The molecule has 1 N–H and O–H groups in total. The molecule has 74 valence electrons. The van der Waals surface area contributed by atoms with Crippen LogP contribution in [0.4, 0.5) is 0 Å². The fraction of sp³-hybridized carbons (Fsp3) is 0.900. The minimum atomic E-state index is -0.308. The van der Waals surface area contributed by atoms with E-state index in [4.69, 9.17) is 4.74 Å². The summed E-state index contributed by atoms with van der Waals surface area (Å²) in [7, 11) is 1.57. The molecule has 2 fully saturated rings. The van der Waals surface area contributed by atoms with E-state index in [1.165, 1.54) is 12.8 Å². The van der Waals surface area contributed by atoms with E-state index in [2.05, 4.69) is 5.32 Å². The zero-order chi connectivity index (χ0) is 9.42. The molecular weight excluding hydrogens is 166 g/mol. The number of fused-ring (bicyclic) bond motifs is 1. The Hall–Kier alpha value is -0.570. The number of carbonyl (C=O) groups is 1. The Bertz CT molecular complexity index is 217. The van der Waals surface area contributed by atoms with Gasteiger partial charge in [-0.1, -0.05) is 0 Å². The van der Waals surface area contributed by atoms with Gasteiger partial charge in [-0.2, -0.15) is 0 Å². The minimum Gasteiger partial charge on any atom is -0.372 e. The predicted molar refractivity (Wildman–Crippen MR) is 49.2 cm³/mol. The molecule has 0 spiro atoms. The van der Waals surface area contributed by atoms with Crippen LogP contribution in [0, 0.1) is 11.8 Å². The molecular formula is C10H17NO2. The SMILES string of the molecule is COC(C)C(=O)NC1CCC2CC21. The topological polar surface area (TPSA) is 38.3 Å². The van der Waals surface area contributed by atoms with Crippen molar-refractivity contribution in [1.82, 2.24) is 5.32 Å². The second kappa shape index (κ2) is 3.29. The molecule has 0 aliphatic heterocycles. The molecule has 0 aromatic carbocycles. The smallest absolute Gasteiger partial charge is 0.249 e. The Morgan fingerprint density at radius 1 is 1.54 bits per heavy atom. The van der Waals surface area contributed by atoms with Crippen molar-refractivity contribution in [2.75, 3.05) is 7.11 Å². The fourth-order valence-corrected chi connectivity index (χ4v) is 2.29. The number of rotatable bonds is 3. The van der Waals surface area contributed by atoms with Gasteiger partial charge in [0.2, 0.25) is 5.91 Å². The summed E-state index contributed by atoms with van der Waals surface area (Å²) in [6.45, 7) is 1.79. The van der Waals surface area contributed by atoms with E-state index in [1.807, 2.05) is 0 Å². The summed E-state index contributed by atoms with van der Waals surface area (Å²) in [5.74, 6) is 1.75. The number of hydrogen-bond donors (Lipinski definition) is 1. The molecule has 1 amide bonds. The van der Waals surface area contributed by atoms with Gasteiger partial charge in [-0.05, 0) is 38.0 Å². The number of carbonyl (C=O) groups excluding carboxylic acids is 1. The van der Waals surface area contributed by atoms with Crippen molar-refractivity contribution in [3.8, 4) is 0 Å². The van der Waals surface area contributed by atoms with Crippen LogP contribution in [0.15, 0.2) is 0 Å². The lowest BCUT2D eigenvalue weighted by molar-refractivity contribution is -0.130. The molecule has 4 unspecified atom stereocenters. The minimum absolute atomic E-state index is 0.0417. The van der Waals surface area contributed by atoms with E-state index in [9.17, 15) is 4.79 Å². The first-order valence-electron chi connectivity index (χ1n) is 5.05. The van der Waals surface area contributed by atoms with E-state index < -0.39 is 0 Å². The summed E-state index contributed by atoms with van der Waals surface area (Å²) in [5.41, 5.74) is 0. The highest BCUT2D eigenvalue weighted by molar-refractivity contribution is 5.80. The Morgan fingerprint density at radius 2 is 2.31 bits per heavy atom. The predicted octanol–water partition coefficient (Wildman–Crippen LogP) is 0.936. The van der Waals surface area contributed by atoms with Crippen LogP contribution in [0.3, 0.4) is 0 Å². The molecule has 2 rings (SSSR count). The maximum absolute atomic E-state index is 11.5. The fourth-order valence-electron chi connectivity index (χ4n) is 2.29. The van der Waals surface area contributed by atoms with Gasteiger partial charge in [0, 0.05) is 13.2 Å². The lowest BCUT2D eigenvalue weighted by atomic mass is 10.1. The third kappa shape index (κ3) is 1.70. The van der Waals surface area contributed by atoms with Crippen molar-refractivity contribution < 1.29 is 9.53 Å². The quantitative estimate of drug-likeness (QED) is 0.707. The highest BCUT2D eigenvalue weighted by Crippen LogP contribution is 2.51. The van der Waals surface area contributed by atoms with Crippen molar-refractivity contribution >= 4 is 5.91 Å². The lowest BCUT2D eigenvalue weighted by Crippen LogP contribution is -2.41. The Labute approximate surface area is 78.8 Å². The monoisotopic (exact) mass is 183 g/mol. The number of amides is 1. The first-order valence-corrected chi connectivity index (χ1v) is 5.05. The van der Waals surface area contributed by atoms with Crippen molar-refractivity contribution in [2.24, 2.45) is 11.8 Å². The maximum Gasteiger partial charge on any atom is 0.249 e. The van der Waals surface area contributed by atoms with Crippen LogP contribution in [0.25, 0.3) is 0 Å². The lowest BCUT2D eigenvalue weighted by Gasteiger charge is -2.16. The largest absolute Gasteiger partial charge is 0.372 e. The standard InChI is InChI=1S/C10H17NO2/c1-6(13-2)10(12)11-9-4-3-7-5-8(7)9/h6-9H,3-5H2,1-2H3,(H,11,12). The van der Waals surface area contributed by atoms with E-state index in [0.29, 0.717) is 6.04 Å². The van der Waals surface area contributed by atoms with Crippen LogP contribution in [0.1, 0.15) is 26.2 Å². The molecule has 3 nitrogen and oxygen atoms in total.